The maximum atomic E-state index is 6.42. The van der Waals surface area contributed by atoms with Crippen molar-refractivity contribution in [1.82, 2.24) is 4.98 Å². The van der Waals surface area contributed by atoms with Crippen molar-refractivity contribution in [1.29, 1.82) is 0 Å². The van der Waals surface area contributed by atoms with Crippen molar-refractivity contribution in [3.63, 3.8) is 0 Å². The molecule has 68 valence electrons. The maximum absolute atomic E-state index is 6.42. The highest BCUT2D eigenvalue weighted by Crippen LogP contribution is 2.19. The first-order valence-corrected chi connectivity index (χ1v) is 7.74. The summed E-state index contributed by atoms with van der Waals surface area (Å²) in [6.07, 6.45) is 0. The summed E-state index contributed by atoms with van der Waals surface area (Å²) in [6, 6.07) is 2.20. The fraction of sp³-hybridized carbons (Fsp3) is 1.00. The molecule has 0 bridgehead atoms. The van der Waals surface area contributed by atoms with Crippen molar-refractivity contribution in [3.8, 4) is 0 Å². The second kappa shape index (κ2) is 3.92. The molecule has 1 nitrogen and oxygen atoms in total. The van der Waals surface area contributed by atoms with Gasteiger partial charge in [-0.25, -0.2) is 0 Å². The number of rotatable bonds is 3. The lowest BCUT2D eigenvalue weighted by molar-refractivity contribution is 0.513. The first kappa shape index (κ1) is 11.5. The third kappa shape index (κ3) is 4.83. The molecule has 0 saturated carbocycles. The van der Waals surface area contributed by atoms with Crippen LogP contribution in [0.1, 0.15) is 34.6 Å². The second-order valence-corrected chi connectivity index (χ2v) is 9.81. The Labute approximate surface area is 76.3 Å². The van der Waals surface area contributed by atoms with E-state index in [-0.39, 0.29) is 5.54 Å². The highest BCUT2D eigenvalue weighted by molar-refractivity contribution is 7.18. The zero-order chi connectivity index (χ0) is 9.12. The predicted octanol–water partition coefficient (Wildman–Crippen LogP) is 3.10. The number of nitrogens with one attached hydrogen (secondary N) is 1. The van der Waals surface area contributed by atoms with E-state index in [9.17, 15) is 0 Å². The Balaban J connectivity index is 4.08. The Morgan fingerprint density at radius 2 is 1.55 bits per heavy atom. The Morgan fingerprint density at radius 3 is 1.64 bits per heavy atom. The second-order valence-electron chi connectivity index (χ2n) is 4.05. The zero-order valence-electron chi connectivity index (χ0n) is 8.29. The minimum Gasteiger partial charge on any atom is -0.321 e. The van der Waals surface area contributed by atoms with Gasteiger partial charge in [-0.05, 0) is 32.9 Å². The van der Waals surface area contributed by atoms with Crippen LogP contribution in [-0.2, 0) is 0 Å². The zero-order valence-corrected chi connectivity index (χ0v) is 10.0. The third-order valence-electron chi connectivity index (χ3n) is 1.72. The molecule has 11 heavy (non-hydrogen) atoms. The summed E-state index contributed by atoms with van der Waals surface area (Å²) in [5, 5.41) is 0. The molecule has 3 heteroatoms. The molecule has 0 unspecified atom stereocenters. The molecular formula is C8H20ClNSi. The van der Waals surface area contributed by atoms with Crippen LogP contribution in [0.5, 0.6) is 0 Å². The van der Waals surface area contributed by atoms with Gasteiger partial charge in [0.1, 0.15) is 0 Å². The van der Waals surface area contributed by atoms with Gasteiger partial charge in [0.05, 0.1) is 0 Å². The molecule has 0 aromatic rings. The summed E-state index contributed by atoms with van der Waals surface area (Å²) in [5.41, 5.74) is 0.167. The highest BCUT2D eigenvalue weighted by atomic mass is 35.6. The summed E-state index contributed by atoms with van der Waals surface area (Å²) < 4.78 is 0. The summed E-state index contributed by atoms with van der Waals surface area (Å²) >= 11 is 6.42. The largest absolute Gasteiger partial charge is 0.321 e. The molecular weight excluding hydrogens is 174 g/mol. The van der Waals surface area contributed by atoms with Crippen molar-refractivity contribution in [2.45, 2.75) is 52.2 Å². The van der Waals surface area contributed by atoms with E-state index in [4.69, 9.17) is 11.1 Å². The van der Waals surface area contributed by atoms with Crippen LogP contribution < -0.4 is 4.98 Å². The molecule has 0 radical (unpaired) electrons. The van der Waals surface area contributed by atoms with Gasteiger partial charge in [0.2, 0.25) is 7.55 Å². The average Bonchev–Trinajstić information content (AvgIpc) is 1.84. The molecule has 1 N–H and O–H groups in total. The average molecular weight is 194 g/mol. The van der Waals surface area contributed by atoms with Gasteiger partial charge in [0, 0.05) is 5.54 Å². The van der Waals surface area contributed by atoms with E-state index >= 15 is 0 Å². The van der Waals surface area contributed by atoms with E-state index in [0.29, 0.717) is 0 Å². The standard InChI is InChI=1S/C8H20ClNSi/c1-6-11(9,7-2)10-8(3,4)5/h10H,6-7H2,1-5H3. The summed E-state index contributed by atoms with van der Waals surface area (Å²) in [4.78, 5) is 3.54. The molecule has 0 rings (SSSR count). The van der Waals surface area contributed by atoms with Crippen LogP contribution in [0.15, 0.2) is 0 Å². The Bertz CT molecular complexity index is 116. The Hall–Kier alpha value is 0.467. The summed E-state index contributed by atoms with van der Waals surface area (Å²) in [7, 11) is -1.61. The van der Waals surface area contributed by atoms with Gasteiger partial charge in [-0.1, -0.05) is 13.8 Å². The van der Waals surface area contributed by atoms with Gasteiger partial charge >= 0.3 is 0 Å². The van der Waals surface area contributed by atoms with E-state index in [1.807, 2.05) is 0 Å². The minimum absolute atomic E-state index is 0.167. The van der Waals surface area contributed by atoms with Crippen LogP contribution in [0.3, 0.4) is 0 Å². The molecule has 0 saturated heterocycles. The first-order valence-electron chi connectivity index (χ1n) is 4.31. The molecule has 0 spiro atoms. The summed E-state index contributed by atoms with van der Waals surface area (Å²) in [6.45, 7) is 10.8. The van der Waals surface area contributed by atoms with Crippen molar-refractivity contribution >= 4 is 18.6 Å². The third-order valence-corrected chi connectivity index (χ3v) is 7.05. The van der Waals surface area contributed by atoms with E-state index in [1.165, 1.54) is 0 Å². The van der Waals surface area contributed by atoms with E-state index < -0.39 is 7.55 Å². The molecule has 0 fully saturated rings. The van der Waals surface area contributed by atoms with Gasteiger partial charge in [0.15, 0.2) is 0 Å². The topological polar surface area (TPSA) is 12.0 Å². The predicted molar refractivity (Wildman–Crippen MR) is 55.5 cm³/mol. The van der Waals surface area contributed by atoms with Gasteiger partial charge in [-0.15, -0.1) is 11.1 Å². The van der Waals surface area contributed by atoms with Gasteiger partial charge in [-0.2, -0.15) is 0 Å². The van der Waals surface area contributed by atoms with Crippen molar-refractivity contribution in [3.05, 3.63) is 0 Å². The monoisotopic (exact) mass is 193 g/mol. The fourth-order valence-corrected chi connectivity index (χ4v) is 4.15. The van der Waals surface area contributed by atoms with Gasteiger partial charge in [-0.3, -0.25) is 0 Å². The molecule has 0 heterocycles. The Kier molecular flexibility index (Phi) is 4.09. The van der Waals surface area contributed by atoms with Crippen LogP contribution in [0.25, 0.3) is 0 Å². The van der Waals surface area contributed by atoms with Crippen LogP contribution >= 0.6 is 11.1 Å². The molecule has 0 aromatic carbocycles. The molecule has 0 aliphatic heterocycles. The highest BCUT2D eigenvalue weighted by Gasteiger charge is 2.30. The number of halogens is 1. The molecule has 0 atom stereocenters. The van der Waals surface area contributed by atoms with Crippen molar-refractivity contribution in [2.75, 3.05) is 0 Å². The van der Waals surface area contributed by atoms with E-state index in [0.717, 1.165) is 12.1 Å². The summed E-state index contributed by atoms with van der Waals surface area (Å²) in [5.74, 6) is 0. The normalized spacial score (nSPS) is 13.6. The number of hydrogen-bond donors (Lipinski definition) is 1. The first-order chi connectivity index (χ1) is 4.83. The fourth-order valence-electron chi connectivity index (χ4n) is 1.10. The molecule has 0 aliphatic carbocycles. The van der Waals surface area contributed by atoms with Crippen molar-refractivity contribution in [2.24, 2.45) is 0 Å². The van der Waals surface area contributed by atoms with Gasteiger partial charge in [0.25, 0.3) is 0 Å². The quantitative estimate of drug-likeness (QED) is 0.537. The lowest BCUT2D eigenvalue weighted by atomic mass is 10.1. The van der Waals surface area contributed by atoms with Crippen molar-refractivity contribution < 1.29 is 0 Å². The van der Waals surface area contributed by atoms with E-state index in [2.05, 4.69) is 39.6 Å². The van der Waals surface area contributed by atoms with Gasteiger partial charge < -0.3 is 4.98 Å². The SMILES string of the molecule is CC[Si](Cl)(CC)NC(C)(C)C. The van der Waals surface area contributed by atoms with Crippen LogP contribution in [0, 0.1) is 0 Å². The van der Waals surface area contributed by atoms with Crippen LogP contribution in [0.2, 0.25) is 12.1 Å². The molecule has 0 amide bonds. The Morgan fingerprint density at radius 1 is 1.18 bits per heavy atom. The maximum Gasteiger partial charge on any atom is 0.226 e. The number of hydrogen-bond acceptors (Lipinski definition) is 1. The van der Waals surface area contributed by atoms with E-state index in [1.54, 1.807) is 0 Å². The van der Waals surface area contributed by atoms with Crippen LogP contribution in [-0.4, -0.2) is 13.1 Å². The molecule has 0 aliphatic rings. The molecule has 0 aromatic heterocycles. The van der Waals surface area contributed by atoms with Crippen LogP contribution in [0.4, 0.5) is 0 Å². The smallest absolute Gasteiger partial charge is 0.226 e. The lowest BCUT2D eigenvalue weighted by Gasteiger charge is -2.32. The lowest BCUT2D eigenvalue weighted by Crippen LogP contribution is -2.53. The minimum atomic E-state index is -1.61.